The number of halogens is 2. The molecule has 1 atom stereocenters. The monoisotopic (exact) mass is 364 g/mol. The molecule has 6 heteroatoms. The van der Waals surface area contributed by atoms with Gasteiger partial charge < -0.3 is 9.73 Å². The lowest BCUT2D eigenvalue weighted by Crippen LogP contribution is -2.12. The summed E-state index contributed by atoms with van der Waals surface area (Å²) in [6, 6.07) is 2.14. The number of oxazole rings is 1. The average Bonchev–Trinajstić information content (AvgIpc) is 2.83. The fourth-order valence-corrected chi connectivity index (χ4v) is 4.06. The highest BCUT2D eigenvalue weighted by molar-refractivity contribution is 9.12. The fraction of sp³-hybridized carbons (Fsp3) is 0.300. The summed E-state index contributed by atoms with van der Waals surface area (Å²) in [6.07, 6.45) is 1.75. The summed E-state index contributed by atoms with van der Waals surface area (Å²) in [5.74, 6) is 1.48. The molecule has 16 heavy (non-hydrogen) atoms. The van der Waals surface area contributed by atoms with Crippen LogP contribution in [0.4, 0.5) is 0 Å². The molecule has 0 aliphatic heterocycles. The standard InChI is InChI=1S/C10H10Br2N2OS/c1-5(13-2)10-14-4-7(15-10)6-3-8(11)16-9(6)12/h3-5,13H,1-2H3. The van der Waals surface area contributed by atoms with Crippen molar-refractivity contribution >= 4 is 43.2 Å². The summed E-state index contributed by atoms with van der Waals surface area (Å²) in [4.78, 5) is 4.25. The summed E-state index contributed by atoms with van der Waals surface area (Å²) in [7, 11) is 1.88. The third-order valence-corrected chi connectivity index (χ3v) is 4.59. The molecule has 2 heterocycles. The van der Waals surface area contributed by atoms with Crippen molar-refractivity contribution in [3.05, 3.63) is 25.7 Å². The van der Waals surface area contributed by atoms with Crippen LogP contribution < -0.4 is 5.32 Å². The predicted molar refractivity (Wildman–Crippen MR) is 72.7 cm³/mol. The van der Waals surface area contributed by atoms with Crippen molar-refractivity contribution in [3.8, 4) is 11.3 Å². The highest BCUT2D eigenvalue weighted by atomic mass is 79.9. The van der Waals surface area contributed by atoms with E-state index in [-0.39, 0.29) is 6.04 Å². The van der Waals surface area contributed by atoms with Crippen LogP contribution in [0.5, 0.6) is 0 Å². The second kappa shape index (κ2) is 5.00. The largest absolute Gasteiger partial charge is 0.439 e. The number of nitrogens with one attached hydrogen (secondary N) is 1. The van der Waals surface area contributed by atoms with Crippen molar-refractivity contribution in [2.45, 2.75) is 13.0 Å². The Kier molecular flexibility index (Phi) is 3.84. The summed E-state index contributed by atoms with van der Waals surface area (Å²) >= 11 is 8.56. The molecular formula is C10H10Br2N2OS. The maximum atomic E-state index is 5.70. The van der Waals surface area contributed by atoms with Gasteiger partial charge in [-0.25, -0.2) is 4.98 Å². The summed E-state index contributed by atoms with van der Waals surface area (Å²) in [6.45, 7) is 2.01. The highest BCUT2D eigenvalue weighted by Gasteiger charge is 2.15. The molecule has 0 aromatic carbocycles. The van der Waals surface area contributed by atoms with Gasteiger partial charge in [0.15, 0.2) is 5.76 Å². The van der Waals surface area contributed by atoms with Crippen LogP contribution in [0.1, 0.15) is 18.9 Å². The van der Waals surface area contributed by atoms with Crippen molar-refractivity contribution < 1.29 is 4.42 Å². The van der Waals surface area contributed by atoms with Gasteiger partial charge in [-0.1, -0.05) is 0 Å². The van der Waals surface area contributed by atoms with Crippen LogP contribution in [0.3, 0.4) is 0 Å². The molecule has 2 aromatic rings. The van der Waals surface area contributed by atoms with E-state index in [1.165, 1.54) is 0 Å². The zero-order valence-corrected chi connectivity index (χ0v) is 12.7. The lowest BCUT2D eigenvalue weighted by molar-refractivity contribution is 0.441. The van der Waals surface area contributed by atoms with Crippen molar-refractivity contribution in [1.29, 1.82) is 0 Å². The molecule has 0 radical (unpaired) electrons. The minimum Gasteiger partial charge on any atom is -0.439 e. The Hall–Kier alpha value is -0.170. The Morgan fingerprint density at radius 2 is 2.25 bits per heavy atom. The van der Waals surface area contributed by atoms with Crippen LogP contribution in [-0.4, -0.2) is 12.0 Å². The van der Waals surface area contributed by atoms with Gasteiger partial charge in [0.25, 0.3) is 0 Å². The third kappa shape index (κ3) is 2.40. The van der Waals surface area contributed by atoms with Gasteiger partial charge in [-0.3, -0.25) is 0 Å². The van der Waals surface area contributed by atoms with Crippen molar-refractivity contribution in [2.24, 2.45) is 0 Å². The van der Waals surface area contributed by atoms with E-state index in [0.29, 0.717) is 5.89 Å². The van der Waals surface area contributed by atoms with Crippen LogP contribution >= 0.6 is 43.2 Å². The highest BCUT2D eigenvalue weighted by Crippen LogP contribution is 2.39. The number of thiophene rings is 1. The van der Waals surface area contributed by atoms with Gasteiger partial charge in [0.1, 0.15) is 0 Å². The molecule has 0 amide bonds. The van der Waals surface area contributed by atoms with Crippen LogP contribution in [0, 0.1) is 0 Å². The smallest absolute Gasteiger partial charge is 0.211 e. The van der Waals surface area contributed by atoms with Gasteiger partial charge in [-0.2, -0.15) is 0 Å². The normalized spacial score (nSPS) is 13.0. The molecular weight excluding hydrogens is 356 g/mol. The molecule has 1 unspecified atom stereocenters. The van der Waals surface area contributed by atoms with E-state index in [9.17, 15) is 0 Å². The van der Waals surface area contributed by atoms with Gasteiger partial charge in [0.2, 0.25) is 5.89 Å². The topological polar surface area (TPSA) is 38.1 Å². The van der Waals surface area contributed by atoms with Crippen LogP contribution in [0.15, 0.2) is 24.3 Å². The van der Waals surface area contributed by atoms with E-state index in [0.717, 1.165) is 18.9 Å². The fourth-order valence-electron chi connectivity index (χ4n) is 1.24. The van der Waals surface area contributed by atoms with Crippen molar-refractivity contribution in [2.75, 3.05) is 7.05 Å². The number of hydrogen-bond acceptors (Lipinski definition) is 4. The van der Waals surface area contributed by atoms with Crippen LogP contribution in [-0.2, 0) is 0 Å². The van der Waals surface area contributed by atoms with Gasteiger partial charge >= 0.3 is 0 Å². The van der Waals surface area contributed by atoms with E-state index < -0.39 is 0 Å². The first-order valence-electron chi connectivity index (χ1n) is 4.70. The first kappa shape index (κ1) is 12.3. The Labute approximate surface area is 115 Å². The number of rotatable bonds is 3. The minimum absolute atomic E-state index is 0.120. The molecule has 0 saturated heterocycles. The Morgan fingerprint density at radius 3 is 2.81 bits per heavy atom. The third-order valence-electron chi connectivity index (χ3n) is 2.25. The van der Waals surface area contributed by atoms with Gasteiger partial charge in [0, 0.05) is 5.56 Å². The van der Waals surface area contributed by atoms with Gasteiger partial charge in [0.05, 0.1) is 19.8 Å². The van der Waals surface area contributed by atoms with E-state index in [1.54, 1.807) is 17.5 Å². The molecule has 0 aliphatic rings. The Balaban J connectivity index is 2.35. The van der Waals surface area contributed by atoms with Crippen LogP contribution in [0.25, 0.3) is 11.3 Å². The van der Waals surface area contributed by atoms with E-state index in [4.69, 9.17) is 4.42 Å². The van der Waals surface area contributed by atoms with E-state index in [1.807, 2.05) is 20.0 Å². The lowest BCUT2D eigenvalue weighted by atomic mass is 10.3. The maximum Gasteiger partial charge on any atom is 0.211 e. The maximum absolute atomic E-state index is 5.70. The molecule has 86 valence electrons. The second-order valence-corrected chi connectivity index (χ2v) is 7.06. The van der Waals surface area contributed by atoms with Crippen molar-refractivity contribution in [3.63, 3.8) is 0 Å². The Bertz CT molecular complexity index is 495. The molecule has 3 nitrogen and oxygen atoms in total. The van der Waals surface area contributed by atoms with E-state index >= 15 is 0 Å². The van der Waals surface area contributed by atoms with Gasteiger partial charge in [-0.15, -0.1) is 11.3 Å². The Morgan fingerprint density at radius 1 is 1.50 bits per heavy atom. The van der Waals surface area contributed by atoms with Crippen molar-refractivity contribution in [1.82, 2.24) is 10.3 Å². The number of nitrogens with zero attached hydrogens (tertiary/aromatic N) is 1. The zero-order chi connectivity index (χ0) is 11.7. The predicted octanol–water partition coefficient (Wildman–Crippen LogP) is 4.21. The summed E-state index contributed by atoms with van der Waals surface area (Å²) < 4.78 is 7.80. The quantitative estimate of drug-likeness (QED) is 0.885. The first-order valence-corrected chi connectivity index (χ1v) is 7.10. The molecule has 0 saturated carbocycles. The summed E-state index contributed by atoms with van der Waals surface area (Å²) in [5, 5.41) is 3.09. The molecule has 2 rings (SSSR count). The number of aromatic nitrogens is 1. The molecule has 0 fully saturated rings. The summed E-state index contributed by atoms with van der Waals surface area (Å²) in [5.41, 5.74) is 1.03. The molecule has 2 aromatic heterocycles. The number of hydrogen-bond donors (Lipinski definition) is 1. The molecule has 1 N–H and O–H groups in total. The molecule has 0 aliphatic carbocycles. The average molecular weight is 366 g/mol. The second-order valence-electron chi connectivity index (χ2n) is 3.31. The minimum atomic E-state index is 0.120. The first-order chi connectivity index (χ1) is 7.61. The molecule has 0 spiro atoms. The molecule has 0 bridgehead atoms. The zero-order valence-electron chi connectivity index (χ0n) is 8.75. The lowest BCUT2D eigenvalue weighted by Gasteiger charge is -2.03. The van der Waals surface area contributed by atoms with Gasteiger partial charge in [-0.05, 0) is 51.9 Å². The van der Waals surface area contributed by atoms with E-state index in [2.05, 4.69) is 42.2 Å². The van der Waals surface area contributed by atoms with Crippen LogP contribution in [0.2, 0.25) is 0 Å². The SMILES string of the molecule is CNC(C)c1ncc(-c2cc(Br)sc2Br)o1.